The van der Waals surface area contributed by atoms with Gasteiger partial charge in [-0.1, -0.05) is 37.3 Å². The number of hydrogen-bond acceptors (Lipinski definition) is 2. The summed E-state index contributed by atoms with van der Waals surface area (Å²) in [7, 11) is 2.23. The molecular weight excluding hydrogens is 232 g/mol. The van der Waals surface area contributed by atoms with Gasteiger partial charge in [0.15, 0.2) is 0 Å². The van der Waals surface area contributed by atoms with Gasteiger partial charge in [-0.05, 0) is 57.3 Å². The van der Waals surface area contributed by atoms with Crippen LogP contribution >= 0.6 is 0 Å². The maximum Gasteiger partial charge on any atom is 0.00681 e. The number of benzene rings is 1. The molecule has 1 aromatic rings. The molecule has 1 heterocycles. The maximum absolute atomic E-state index is 3.75. The van der Waals surface area contributed by atoms with E-state index in [0.29, 0.717) is 12.0 Å². The van der Waals surface area contributed by atoms with Crippen LogP contribution in [0.15, 0.2) is 30.3 Å². The largest absolute Gasteiger partial charge is 0.313 e. The molecule has 2 heteroatoms. The molecule has 2 atom stereocenters. The van der Waals surface area contributed by atoms with Crippen LogP contribution in [0.4, 0.5) is 0 Å². The van der Waals surface area contributed by atoms with Crippen molar-refractivity contribution in [3.8, 4) is 0 Å². The Morgan fingerprint density at radius 3 is 2.42 bits per heavy atom. The van der Waals surface area contributed by atoms with Crippen LogP contribution in [0.5, 0.6) is 0 Å². The summed E-state index contributed by atoms with van der Waals surface area (Å²) in [5.74, 6) is 1.44. The van der Waals surface area contributed by atoms with Crippen molar-refractivity contribution in [3.05, 3.63) is 35.9 Å². The predicted octanol–water partition coefficient (Wildman–Crippen LogP) is 3.11. The lowest BCUT2D eigenvalue weighted by Gasteiger charge is -2.33. The molecule has 2 rings (SSSR count). The number of rotatable bonds is 5. The van der Waals surface area contributed by atoms with Crippen LogP contribution in [0, 0.1) is 5.92 Å². The SMILES string of the molecule is CC(CNC(C)C1CCN(C)CC1)c1ccccc1. The Hall–Kier alpha value is -0.860. The van der Waals surface area contributed by atoms with E-state index in [4.69, 9.17) is 0 Å². The van der Waals surface area contributed by atoms with Gasteiger partial charge in [-0.2, -0.15) is 0 Å². The highest BCUT2D eigenvalue weighted by molar-refractivity contribution is 5.19. The Balaban J connectivity index is 1.75. The summed E-state index contributed by atoms with van der Waals surface area (Å²) in [4.78, 5) is 2.44. The van der Waals surface area contributed by atoms with E-state index < -0.39 is 0 Å². The Kier molecular flexibility index (Phi) is 5.41. The summed E-state index contributed by atoms with van der Waals surface area (Å²) in [5.41, 5.74) is 1.44. The molecule has 1 saturated heterocycles. The van der Waals surface area contributed by atoms with Gasteiger partial charge in [-0.25, -0.2) is 0 Å². The van der Waals surface area contributed by atoms with E-state index in [1.54, 1.807) is 0 Å². The van der Waals surface area contributed by atoms with Gasteiger partial charge in [0.2, 0.25) is 0 Å². The van der Waals surface area contributed by atoms with Crippen LogP contribution in [0.2, 0.25) is 0 Å². The van der Waals surface area contributed by atoms with Crippen molar-refractivity contribution < 1.29 is 0 Å². The highest BCUT2D eigenvalue weighted by Gasteiger charge is 2.22. The number of piperidine rings is 1. The number of nitrogens with one attached hydrogen (secondary N) is 1. The lowest BCUT2D eigenvalue weighted by Crippen LogP contribution is -2.41. The molecule has 19 heavy (non-hydrogen) atoms. The molecule has 1 aliphatic heterocycles. The molecule has 0 aromatic heterocycles. The van der Waals surface area contributed by atoms with Gasteiger partial charge < -0.3 is 10.2 Å². The monoisotopic (exact) mass is 260 g/mol. The Bertz CT molecular complexity index is 355. The van der Waals surface area contributed by atoms with Crippen LogP contribution < -0.4 is 5.32 Å². The third kappa shape index (κ3) is 4.32. The lowest BCUT2D eigenvalue weighted by atomic mass is 9.90. The van der Waals surface area contributed by atoms with E-state index in [0.717, 1.165) is 12.5 Å². The van der Waals surface area contributed by atoms with Crippen molar-refractivity contribution in [2.75, 3.05) is 26.7 Å². The second-order valence-corrected chi connectivity index (χ2v) is 6.15. The molecule has 2 unspecified atom stereocenters. The lowest BCUT2D eigenvalue weighted by molar-refractivity contribution is 0.189. The molecule has 0 aliphatic carbocycles. The number of hydrogen-bond donors (Lipinski definition) is 1. The summed E-state index contributed by atoms with van der Waals surface area (Å²) in [6.07, 6.45) is 2.68. The molecule has 1 fully saturated rings. The van der Waals surface area contributed by atoms with E-state index in [2.05, 4.69) is 61.4 Å². The summed E-state index contributed by atoms with van der Waals surface area (Å²) in [6, 6.07) is 11.4. The molecule has 2 nitrogen and oxygen atoms in total. The van der Waals surface area contributed by atoms with Crippen LogP contribution in [-0.2, 0) is 0 Å². The van der Waals surface area contributed by atoms with Gasteiger partial charge in [0.25, 0.3) is 0 Å². The van der Waals surface area contributed by atoms with E-state index in [1.807, 2.05) is 0 Å². The molecule has 1 aromatic carbocycles. The first-order valence-corrected chi connectivity index (χ1v) is 7.63. The molecule has 0 saturated carbocycles. The van der Waals surface area contributed by atoms with Gasteiger partial charge in [0.1, 0.15) is 0 Å². The van der Waals surface area contributed by atoms with Crippen LogP contribution in [0.25, 0.3) is 0 Å². The average Bonchev–Trinajstić information content (AvgIpc) is 2.46. The average molecular weight is 260 g/mol. The maximum atomic E-state index is 3.75. The zero-order valence-corrected chi connectivity index (χ0v) is 12.6. The standard InChI is InChI=1S/C17H28N2/c1-14(16-7-5-4-6-8-16)13-18-15(2)17-9-11-19(3)12-10-17/h4-8,14-15,17-18H,9-13H2,1-3H3. The minimum Gasteiger partial charge on any atom is -0.313 e. The summed E-state index contributed by atoms with van der Waals surface area (Å²) in [5, 5.41) is 3.75. The highest BCUT2D eigenvalue weighted by atomic mass is 15.1. The minimum atomic E-state index is 0.593. The molecule has 0 amide bonds. The van der Waals surface area contributed by atoms with Gasteiger partial charge in [0, 0.05) is 12.6 Å². The smallest absolute Gasteiger partial charge is 0.00681 e. The second kappa shape index (κ2) is 7.06. The van der Waals surface area contributed by atoms with Crippen LogP contribution in [0.3, 0.4) is 0 Å². The Morgan fingerprint density at radius 1 is 1.16 bits per heavy atom. The number of likely N-dealkylation sites (tertiary alicyclic amines) is 1. The Morgan fingerprint density at radius 2 is 1.79 bits per heavy atom. The fraction of sp³-hybridized carbons (Fsp3) is 0.647. The fourth-order valence-electron chi connectivity index (χ4n) is 2.96. The van der Waals surface area contributed by atoms with Gasteiger partial charge in [-0.3, -0.25) is 0 Å². The van der Waals surface area contributed by atoms with E-state index in [1.165, 1.54) is 31.5 Å². The second-order valence-electron chi connectivity index (χ2n) is 6.15. The first-order valence-electron chi connectivity index (χ1n) is 7.63. The molecule has 0 spiro atoms. The minimum absolute atomic E-state index is 0.593. The first-order chi connectivity index (χ1) is 9.16. The van der Waals surface area contributed by atoms with E-state index >= 15 is 0 Å². The summed E-state index contributed by atoms with van der Waals surface area (Å²) >= 11 is 0. The quantitative estimate of drug-likeness (QED) is 0.875. The molecule has 106 valence electrons. The first kappa shape index (κ1) is 14.5. The van der Waals surface area contributed by atoms with Gasteiger partial charge in [0.05, 0.1) is 0 Å². The third-order valence-electron chi connectivity index (χ3n) is 4.58. The summed E-state index contributed by atoms with van der Waals surface area (Å²) < 4.78 is 0. The van der Waals surface area contributed by atoms with Crippen molar-refractivity contribution in [2.45, 2.75) is 38.6 Å². The predicted molar refractivity (Wildman–Crippen MR) is 82.5 cm³/mol. The molecule has 0 bridgehead atoms. The van der Waals surface area contributed by atoms with Crippen LogP contribution in [-0.4, -0.2) is 37.6 Å². The fourth-order valence-corrected chi connectivity index (χ4v) is 2.96. The van der Waals surface area contributed by atoms with Crippen molar-refractivity contribution >= 4 is 0 Å². The normalized spacial score (nSPS) is 21.2. The molecule has 1 N–H and O–H groups in total. The van der Waals surface area contributed by atoms with E-state index in [9.17, 15) is 0 Å². The Labute approximate surface area is 118 Å². The van der Waals surface area contributed by atoms with Crippen LogP contribution in [0.1, 0.15) is 38.2 Å². The van der Waals surface area contributed by atoms with Crippen molar-refractivity contribution in [2.24, 2.45) is 5.92 Å². The molecule has 1 aliphatic rings. The van der Waals surface area contributed by atoms with Gasteiger partial charge in [-0.15, -0.1) is 0 Å². The van der Waals surface area contributed by atoms with Crippen molar-refractivity contribution in [1.82, 2.24) is 10.2 Å². The third-order valence-corrected chi connectivity index (χ3v) is 4.58. The molecular formula is C17H28N2. The van der Waals surface area contributed by atoms with E-state index in [-0.39, 0.29) is 0 Å². The highest BCUT2D eigenvalue weighted by Crippen LogP contribution is 2.20. The zero-order valence-electron chi connectivity index (χ0n) is 12.6. The van der Waals surface area contributed by atoms with Crippen molar-refractivity contribution in [1.29, 1.82) is 0 Å². The zero-order chi connectivity index (χ0) is 13.7. The number of nitrogens with zero attached hydrogens (tertiary/aromatic N) is 1. The molecule has 0 radical (unpaired) electrons. The summed E-state index contributed by atoms with van der Waals surface area (Å²) in [6.45, 7) is 8.25. The van der Waals surface area contributed by atoms with Gasteiger partial charge >= 0.3 is 0 Å². The topological polar surface area (TPSA) is 15.3 Å². The van der Waals surface area contributed by atoms with Crippen molar-refractivity contribution in [3.63, 3.8) is 0 Å².